The Balaban J connectivity index is 3.28. The van der Waals surface area contributed by atoms with Crippen LogP contribution in [0.3, 0.4) is 0 Å². The van der Waals surface area contributed by atoms with Crippen LogP contribution in [0, 0.1) is 0 Å². The highest BCUT2D eigenvalue weighted by Crippen LogP contribution is 2.34. The Hall–Kier alpha value is -0.600. The van der Waals surface area contributed by atoms with Crippen LogP contribution < -0.4 is 10.6 Å². The van der Waals surface area contributed by atoms with E-state index >= 15 is 0 Å². The molecule has 1 rings (SSSR count). The summed E-state index contributed by atoms with van der Waals surface area (Å²) in [6, 6.07) is 3.14. The first-order chi connectivity index (χ1) is 5.52. The molecule has 0 fully saturated rings. The van der Waals surface area contributed by atoms with E-state index in [-0.39, 0.29) is 0 Å². The minimum Gasteiger partial charge on any atom is -0.375 e. The van der Waals surface area contributed by atoms with Crippen molar-refractivity contribution >= 4 is 34.6 Å². The molecule has 2 nitrogen and oxygen atoms in total. The van der Waals surface area contributed by atoms with Crippen molar-refractivity contribution in [3.8, 4) is 0 Å². The van der Waals surface area contributed by atoms with Gasteiger partial charge >= 0.3 is 0 Å². The minimum absolute atomic E-state index is 0.329. The molecule has 4 heteroatoms. The van der Waals surface area contributed by atoms with E-state index in [4.69, 9.17) is 28.9 Å². The monoisotopic (exact) mass is 203 g/mol. The largest absolute Gasteiger partial charge is 0.375 e. The van der Waals surface area contributed by atoms with Gasteiger partial charge in [-0.2, -0.15) is 0 Å². The number of hydrogen-bond donors (Lipinski definition) is 0. The Morgan fingerprint density at radius 1 is 1.17 bits per heavy atom. The Labute approximate surface area is 81.9 Å². The molecular formula is C8H9Cl2N2. The van der Waals surface area contributed by atoms with Crippen molar-refractivity contribution in [1.82, 2.24) is 5.73 Å². The van der Waals surface area contributed by atoms with Gasteiger partial charge in [-0.15, -0.1) is 0 Å². The third kappa shape index (κ3) is 1.76. The van der Waals surface area contributed by atoms with E-state index < -0.39 is 0 Å². The van der Waals surface area contributed by atoms with Gasteiger partial charge in [-0.3, -0.25) is 0 Å². The molecule has 1 N–H and O–H groups in total. The normalized spacial score (nSPS) is 10.0. The van der Waals surface area contributed by atoms with E-state index in [1.54, 1.807) is 12.1 Å². The van der Waals surface area contributed by atoms with Crippen LogP contribution in [0.25, 0.3) is 0 Å². The molecule has 0 aliphatic carbocycles. The molecule has 1 radical (unpaired) electrons. The van der Waals surface area contributed by atoms with Crippen molar-refractivity contribution in [3.63, 3.8) is 0 Å². The highest BCUT2D eigenvalue weighted by Gasteiger charge is 2.08. The van der Waals surface area contributed by atoms with E-state index in [1.165, 1.54) is 0 Å². The van der Waals surface area contributed by atoms with Crippen molar-refractivity contribution in [3.05, 3.63) is 22.2 Å². The summed E-state index contributed by atoms with van der Waals surface area (Å²) >= 11 is 11.8. The third-order valence-corrected chi connectivity index (χ3v) is 2.04. The van der Waals surface area contributed by atoms with Crippen LogP contribution in [0.2, 0.25) is 10.0 Å². The molecule has 12 heavy (non-hydrogen) atoms. The maximum Gasteiger partial charge on any atom is 0.0741 e. The van der Waals surface area contributed by atoms with Gasteiger partial charge in [-0.25, -0.2) is 0 Å². The first kappa shape index (κ1) is 9.49. The van der Waals surface area contributed by atoms with E-state index in [9.17, 15) is 0 Å². The summed E-state index contributed by atoms with van der Waals surface area (Å²) in [5, 5.41) is 1.02. The van der Waals surface area contributed by atoms with Crippen LogP contribution in [0.15, 0.2) is 12.1 Å². The van der Waals surface area contributed by atoms with Crippen molar-refractivity contribution in [2.45, 2.75) is 0 Å². The van der Waals surface area contributed by atoms with Crippen LogP contribution in [0.4, 0.5) is 11.4 Å². The first-order valence-corrected chi connectivity index (χ1v) is 4.16. The SMILES string of the molecule is CN(C)c1c(Cl)cc([NH])cc1Cl. The Morgan fingerprint density at radius 3 is 1.92 bits per heavy atom. The van der Waals surface area contributed by atoms with Crippen molar-refractivity contribution in [2.24, 2.45) is 0 Å². The first-order valence-electron chi connectivity index (χ1n) is 3.40. The van der Waals surface area contributed by atoms with Crippen LogP contribution in [0.5, 0.6) is 0 Å². The summed E-state index contributed by atoms with van der Waals surface area (Å²) in [4.78, 5) is 1.82. The fourth-order valence-corrected chi connectivity index (χ4v) is 1.82. The number of halogens is 2. The molecule has 0 spiro atoms. The van der Waals surface area contributed by atoms with Gasteiger partial charge in [0.15, 0.2) is 0 Å². The molecular weight excluding hydrogens is 195 g/mol. The average Bonchev–Trinajstić information content (AvgIpc) is 1.82. The standard InChI is InChI=1S/C8H9Cl2N2/c1-12(2)8-6(9)3-5(11)4-7(8)10/h3-4,11H,1-2H3. The Kier molecular flexibility index (Phi) is 2.70. The zero-order chi connectivity index (χ0) is 9.30. The van der Waals surface area contributed by atoms with Gasteiger partial charge in [0.05, 0.1) is 21.4 Å². The molecule has 0 heterocycles. The number of hydrogen-bond acceptors (Lipinski definition) is 1. The molecule has 0 bridgehead atoms. The van der Waals surface area contributed by atoms with Gasteiger partial charge in [-0.05, 0) is 12.1 Å². The third-order valence-electron chi connectivity index (χ3n) is 1.46. The lowest BCUT2D eigenvalue weighted by atomic mass is 10.2. The Bertz CT molecular complexity index is 274. The molecule has 0 amide bonds. The minimum atomic E-state index is 0.329. The fraction of sp³-hybridized carbons (Fsp3) is 0.250. The average molecular weight is 204 g/mol. The molecule has 0 aliphatic rings. The zero-order valence-electron chi connectivity index (χ0n) is 6.86. The molecule has 0 unspecified atom stereocenters. The lowest BCUT2D eigenvalue weighted by Crippen LogP contribution is -2.09. The van der Waals surface area contributed by atoms with Gasteiger partial charge in [0, 0.05) is 14.1 Å². The summed E-state index contributed by atoms with van der Waals surface area (Å²) in [6.07, 6.45) is 0. The predicted octanol–water partition coefficient (Wildman–Crippen LogP) is 2.97. The molecule has 1 aromatic rings. The molecule has 0 atom stereocenters. The smallest absolute Gasteiger partial charge is 0.0741 e. The lowest BCUT2D eigenvalue weighted by Gasteiger charge is -2.16. The van der Waals surface area contributed by atoms with Gasteiger partial charge in [0.25, 0.3) is 0 Å². The number of rotatable bonds is 1. The summed E-state index contributed by atoms with van der Waals surface area (Å²) in [7, 11) is 3.72. The van der Waals surface area contributed by atoms with Gasteiger partial charge in [0.2, 0.25) is 0 Å². The predicted molar refractivity (Wildman–Crippen MR) is 53.5 cm³/mol. The van der Waals surface area contributed by atoms with Crippen LogP contribution in [-0.4, -0.2) is 14.1 Å². The Morgan fingerprint density at radius 2 is 1.58 bits per heavy atom. The van der Waals surface area contributed by atoms with Crippen LogP contribution in [-0.2, 0) is 0 Å². The topological polar surface area (TPSA) is 27.0 Å². The van der Waals surface area contributed by atoms with Gasteiger partial charge in [0.1, 0.15) is 0 Å². The summed E-state index contributed by atoms with van der Waals surface area (Å²) < 4.78 is 0. The van der Waals surface area contributed by atoms with E-state index in [0.717, 1.165) is 5.69 Å². The van der Waals surface area contributed by atoms with Gasteiger partial charge in [-0.1, -0.05) is 23.2 Å². The van der Waals surface area contributed by atoms with E-state index in [0.29, 0.717) is 15.7 Å². The van der Waals surface area contributed by atoms with Gasteiger partial charge < -0.3 is 10.6 Å². The second-order valence-electron chi connectivity index (χ2n) is 2.68. The number of nitrogens with zero attached hydrogens (tertiary/aromatic N) is 1. The van der Waals surface area contributed by atoms with Crippen molar-refractivity contribution in [1.29, 1.82) is 0 Å². The van der Waals surface area contributed by atoms with E-state index in [2.05, 4.69) is 0 Å². The fourth-order valence-electron chi connectivity index (χ4n) is 0.993. The second kappa shape index (κ2) is 3.42. The maximum absolute atomic E-state index is 7.33. The van der Waals surface area contributed by atoms with Crippen molar-refractivity contribution < 1.29 is 0 Å². The zero-order valence-corrected chi connectivity index (χ0v) is 8.37. The summed E-state index contributed by atoms with van der Waals surface area (Å²) in [5.74, 6) is 0. The highest BCUT2D eigenvalue weighted by atomic mass is 35.5. The summed E-state index contributed by atoms with van der Waals surface area (Å²) in [6.45, 7) is 0. The maximum atomic E-state index is 7.33. The molecule has 65 valence electrons. The molecule has 1 aromatic carbocycles. The highest BCUT2D eigenvalue weighted by molar-refractivity contribution is 6.39. The molecule has 0 aromatic heterocycles. The number of nitrogens with one attached hydrogen (secondary N) is 1. The van der Waals surface area contributed by atoms with E-state index in [1.807, 2.05) is 19.0 Å². The lowest BCUT2D eigenvalue weighted by molar-refractivity contribution is 1.13. The summed E-state index contributed by atoms with van der Waals surface area (Å²) in [5.41, 5.74) is 8.41. The van der Waals surface area contributed by atoms with Crippen LogP contribution >= 0.6 is 23.2 Å². The quantitative estimate of drug-likeness (QED) is 0.690. The second-order valence-corrected chi connectivity index (χ2v) is 3.50. The number of anilines is 1. The van der Waals surface area contributed by atoms with Crippen molar-refractivity contribution in [2.75, 3.05) is 19.0 Å². The van der Waals surface area contributed by atoms with Crippen LogP contribution in [0.1, 0.15) is 0 Å². The molecule has 0 saturated heterocycles. The molecule has 0 aliphatic heterocycles. The number of benzene rings is 1. The molecule has 0 saturated carbocycles.